The van der Waals surface area contributed by atoms with Gasteiger partial charge in [0.1, 0.15) is 5.82 Å². The van der Waals surface area contributed by atoms with E-state index in [0.717, 1.165) is 17.9 Å². The summed E-state index contributed by atoms with van der Waals surface area (Å²) in [5.41, 5.74) is 2.24. The number of nitrogens with zero attached hydrogens (tertiary/aromatic N) is 3. The van der Waals surface area contributed by atoms with Crippen LogP contribution in [0.1, 0.15) is 11.4 Å². The summed E-state index contributed by atoms with van der Waals surface area (Å²) < 4.78 is 2.06. The van der Waals surface area contributed by atoms with Gasteiger partial charge < -0.3 is 4.57 Å². The average Bonchev–Trinajstić information content (AvgIpc) is 2.86. The Balaban J connectivity index is 2.05. The predicted molar refractivity (Wildman–Crippen MR) is 72.6 cm³/mol. The molecule has 0 spiro atoms. The minimum Gasteiger partial charge on any atom is -0.329 e. The molecule has 0 atom stereocenters. The number of para-hydroxylation sites is 1. The van der Waals surface area contributed by atoms with Crippen molar-refractivity contribution < 1.29 is 0 Å². The van der Waals surface area contributed by atoms with Crippen LogP contribution in [0, 0.1) is 0 Å². The molecule has 0 unspecified atom stereocenters. The molecular formula is C14H12ClN3. The van der Waals surface area contributed by atoms with E-state index >= 15 is 0 Å². The van der Waals surface area contributed by atoms with E-state index in [2.05, 4.69) is 20.6 Å². The van der Waals surface area contributed by atoms with Gasteiger partial charge in [0.15, 0.2) is 0 Å². The summed E-state index contributed by atoms with van der Waals surface area (Å²) in [5.74, 6) is 1.31. The van der Waals surface area contributed by atoms with Crippen LogP contribution in [0.5, 0.6) is 0 Å². The van der Waals surface area contributed by atoms with Gasteiger partial charge in [0.05, 0.1) is 11.4 Å². The van der Waals surface area contributed by atoms with Crippen molar-refractivity contribution in [2.75, 3.05) is 0 Å². The van der Waals surface area contributed by atoms with Crippen LogP contribution in [-0.2, 0) is 12.4 Å². The highest BCUT2D eigenvalue weighted by Gasteiger charge is 2.05. The van der Waals surface area contributed by atoms with Crippen LogP contribution in [-0.4, -0.2) is 14.5 Å². The number of fused-ring (bicyclic) bond motifs is 1. The van der Waals surface area contributed by atoms with Crippen molar-refractivity contribution in [2.45, 2.75) is 12.4 Å². The van der Waals surface area contributed by atoms with Gasteiger partial charge in [-0.3, -0.25) is 4.98 Å². The lowest BCUT2D eigenvalue weighted by atomic mass is 10.1. The molecule has 3 aromatic rings. The molecule has 1 aromatic carbocycles. The van der Waals surface area contributed by atoms with Crippen LogP contribution in [0.3, 0.4) is 0 Å². The molecule has 0 fully saturated rings. The Morgan fingerprint density at radius 2 is 1.94 bits per heavy atom. The Morgan fingerprint density at radius 3 is 2.83 bits per heavy atom. The predicted octanol–water partition coefficient (Wildman–Crippen LogP) is 3.22. The third-order valence-corrected chi connectivity index (χ3v) is 3.24. The maximum atomic E-state index is 5.86. The minimum atomic E-state index is 0.427. The van der Waals surface area contributed by atoms with Crippen LogP contribution < -0.4 is 0 Å². The van der Waals surface area contributed by atoms with Gasteiger partial charge >= 0.3 is 0 Å². The molecule has 0 aliphatic rings. The van der Waals surface area contributed by atoms with Crippen LogP contribution in [0.25, 0.3) is 10.9 Å². The summed E-state index contributed by atoms with van der Waals surface area (Å²) in [4.78, 5) is 8.59. The van der Waals surface area contributed by atoms with Gasteiger partial charge in [0.25, 0.3) is 0 Å². The molecule has 4 heteroatoms. The lowest BCUT2D eigenvalue weighted by Crippen LogP contribution is -2.03. The molecule has 0 bridgehead atoms. The van der Waals surface area contributed by atoms with E-state index in [9.17, 15) is 0 Å². The van der Waals surface area contributed by atoms with Crippen molar-refractivity contribution in [3.63, 3.8) is 0 Å². The van der Waals surface area contributed by atoms with E-state index in [4.69, 9.17) is 11.6 Å². The largest absolute Gasteiger partial charge is 0.329 e. The number of hydrogen-bond acceptors (Lipinski definition) is 2. The first-order valence-corrected chi connectivity index (χ1v) is 6.30. The monoisotopic (exact) mass is 257 g/mol. The highest BCUT2D eigenvalue weighted by molar-refractivity contribution is 6.16. The zero-order valence-electron chi connectivity index (χ0n) is 9.75. The average molecular weight is 258 g/mol. The molecule has 2 heterocycles. The maximum Gasteiger partial charge on any atom is 0.123 e. The normalized spacial score (nSPS) is 10.9. The van der Waals surface area contributed by atoms with E-state index < -0.39 is 0 Å². The second kappa shape index (κ2) is 4.78. The number of pyridine rings is 1. The SMILES string of the molecule is ClCc1nccn1Cc1ccnc2ccccc12. The molecule has 18 heavy (non-hydrogen) atoms. The van der Waals surface area contributed by atoms with Gasteiger partial charge in [-0.25, -0.2) is 4.98 Å². The van der Waals surface area contributed by atoms with Gasteiger partial charge in [0.2, 0.25) is 0 Å². The molecule has 0 saturated carbocycles. The second-order valence-corrected chi connectivity index (χ2v) is 4.36. The molecule has 3 rings (SSSR count). The number of benzene rings is 1. The van der Waals surface area contributed by atoms with Crippen LogP contribution in [0.2, 0.25) is 0 Å². The molecule has 0 N–H and O–H groups in total. The van der Waals surface area contributed by atoms with Crippen molar-refractivity contribution in [2.24, 2.45) is 0 Å². The smallest absolute Gasteiger partial charge is 0.123 e. The maximum absolute atomic E-state index is 5.86. The summed E-state index contributed by atoms with van der Waals surface area (Å²) in [5, 5.41) is 1.18. The number of hydrogen-bond donors (Lipinski definition) is 0. The fraction of sp³-hybridized carbons (Fsp3) is 0.143. The van der Waals surface area contributed by atoms with Gasteiger partial charge in [-0.15, -0.1) is 11.6 Å². The Bertz CT molecular complexity index is 670. The van der Waals surface area contributed by atoms with Crippen molar-refractivity contribution >= 4 is 22.5 Å². The van der Waals surface area contributed by atoms with Gasteiger partial charge in [-0.2, -0.15) is 0 Å². The zero-order chi connectivity index (χ0) is 12.4. The number of halogens is 1. The van der Waals surface area contributed by atoms with Crippen molar-refractivity contribution in [3.05, 3.63) is 60.3 Å². The van der Waals surface area contributed by atoms with Crippen molar-refractivity contribution in [1.82, 2.24) is 14.5 Å². The van der Waals surface area contributed by atoms with Gasteiger partial charge in [0, 0.05) is 30.5 Å². The van der Waals surface area contributed by atoms with Gasteiger partial charge in [-0.05, 0) is 17.7 Å². The van der Waals surface area contributed by atoms with E-state index in [1.54, 1.807) is 6.20 Å². The van der Waals surface area contributed by atoms with Gasteiger partial charge in [-0.1, -0.05) is 18.2 Å². The van der Waals surface area contributed by atoms with Crippen LogP contribution in [0.4, 0.5) is 0 Å². The fourth-order valence-corrected chi connectivity index (χ4v) is 2.31. The molecular weight excluding hydrogens is 246 g/mol. The molecule has 0 aliphatic carbocycles. The second-order valence-electron chi connectivity index (χ2n) is 4.09. The first-order chi connectivity index (χ1) is 8.88. The first kappa shape index (κ1) is 11.2. The quantitative estimate of drug-likeness (QED) is 0.675. The Hall–Kier alpha value is -1.87. The summed E-state index contributed by atoms with van der Waals surface area (Å²) in [6.45, 7) is 0.769. The third-order valence-electron chi connectivity index (χ3n) is 3.00. The number of rotatable bonds is 3. The highest BCUT2D eigenvalue weighted by atomic mass is 35.5. The standard InChI is InChI=1S/C14H12ClN3/c15-9-14-17-7-8-18(14)10-11-5-6-16-13-4-2-1-3-12(11)13/h1-8H,9-10H2. The molecule has 3 nitrogen and oxygen atoms in total. The lowest BCUT2D eigenvalue weighted by molar-refractivity contribution is 0.758. The molecule has 90 valence electrons. The van der Waals surface area contributed by atoms with Crippen molar-refractivity contribution in [1.29, 1.82) is 0 Å². The summed E-state index contributed by atoms with van der Waals surface area (Å²) >= 11 is 5.86. The van der Waals surface area contributed by atoms with Crippen LogP contribution in [0.15, 0.2) is 48.9 Å². The number of aromatic nitrogens is 3. The molecule has 0 saturated heterocycles. The Kier molecular flexibility index (Phi) is 2.99. The van der Waals surface area contributed by atoms with Crippen molar-refractivity contribution in [3.8, 4) is 0 Å². The summed E-state index contributed by atoms with van der Waals surface area (Å²) in [6, 6.07) is 10.2. The molecule has 0 radical (unpaired) electrons. The summed E-state index contributed by atoms with van der Waals surface area (Å²) in [7, 11) is 0. The third kappa shape index (κ3) is 1.97. The topological polar surface area (TPSA) is 30.7 Å². The molecule has 0 aliphatic heterocycles. The lowest BCUT2D eigenvalue weighted by Gasteiger charge is -2.08. The van der Waals surface area contributed by atoms with E-state index in [1.807, 2.05) is 36.7 Å². The molecule has 2 aromatic heterocycles. The fourth-order valence-electron chi connectivity index (χ4n) is 2.09. The first-order valence-electron chi connectivity index (χ1n) is 5.77. The highest BCUT2D eigenvalue weighted by Crippen LogP contribution is 2.18. The van der Waals surface area contributed by atoms with E-state index in [-0.39, 0.29) is 0 Å². The minimum absolute atomic E-state index is 0.427. The van der Waals surface area contributed by atoms with Crippen LogP contribution >= 0.6 is 11.6 Å². The Labute approximate surface area is 110 Å². The number of alkyl halides is 1. The van der Waals surface area contributed by atoms with E-state index in [1.165, 1.54) is 10.9 Å². The number of imidazole rings is 1. The molecule has 0 amide bonds. The summed E-state index contributed by atoms with van der Waals surface area (Å²) in [6.07, 6.45) is 5.57. The van der Waals surface area contributed by atoms with E-state index in [0.29, 0.717) is 5.88 Å². The zero-order valence-corrected chi connectivity index (χ0v) is 10.5. The Morgan fingerprint density at radius 1 is 1.06 bits per heavy atom.